The van der Waals surface area contributed by atoms with Crippen molar-refractivity contribution in [3.05, 3.63) is 0 Å². The van der Waals surface area contributed by atoms with Crippen molar-refractivity contribution < 1.29 is 4.74 Å². The lowest BCUT2D eigenvalue weighted by Crippen LogP contribution is -2.37. The fourth-order valence-corrected chi connectivity index (χ4v) is 3.08. The minimum atomic E-state index is 0.209. The second-order valence-electron chi connectivity index (χ2n) is 5.09. The number of amidine groups is 1. The highest BCUT2D eigenvalue weighted by molar-refractivity contribution is 8.14. The minimum absolute atomic E-state index is 0.209. The molecule has 0 aliphatic carbocycles. The van der Waals surface area contributed by atoms with Crippen LogP contribution in [0.25, 0.3) is 0 Å². The van der Waals surface area contributed by atoms with E-state index in [1.54, 1.807) is 0 Å². The van der Waals surface area contributed by atoms with Gasteiger partial charge in [0.15, 0.2) is 5.17 Å². The Morgan fingerprint density at radius 1 is 1.53 bits per heavy atom. The van der Waals surface area contributed by atoms with E-state index in [2.05, 4.69) is 26.1 Å². The molecule has 2 unspecified atom stereocenters. The molecule has 0 saturated carbocycles. The molecule has 2 aliphatic heterocycles. The Labute approximate surface area is 96.1 Å². The van der Waals surface area contributed by atoms with Crippen LogP contribution < -0.4 is 5.32 Å². The standard InChI is InChI=1S/C11H20N2OS/c1-8-6-9(4-5-14-8)12-10-13-11(2,3)7-15-10/h8-9H,4-7H2,1-3H3,(H,12,13). The average Bonchev–Trinajstić information content (AvgIpc) is 2.45. The maximum absolute atomic E-state index is 5.52. The predicted molar refractivity (Wildman–Crippen MR) is 65.5 cm³/mol. The van der Waals surface area contributed by atoms with Crippen molar-refractivity contribution in [3.63, 3.8) is 0 Å². The first-order valence-electron chi connectivity index (χ1n) is 5.65. The number of aliphatic imine (C=N–C) groups is 1. The number of hydrogen-bond acceptors (Lipinski definition) is 3. The molecule has 0 aromatic rings. The molecule has 2 aliphatic rings. The number of hydrogen-bond donors (Lipinski definition) is 1. The van der Waals surface area contributed by atoms with Gasteiger partial charge in [-0.15, -0.1) is 0 Å². The van der Waals surface area contributed by atoms with Crippen molar-refractivity contribution in [2.75, 3.05) is 12.4 Å². The second kappa shape index (κ2) is 4.34. The van der Waals surface area contributed by atoms with Crippen LogP contribution >= 0.6 is 11.8 Å². The van der Waals surface area contributed by atoms with Gasteiger partial charge in [0.2, 0.25) is 0 Å². The van der Waals surface area contributed by atoms with Crippen molar-refractivity contribution in [1.29, 1.82) is 0 Å². The first-order valence-corrected chi connectivity index (χ1v) is 6.64. The molecule has 0 aromatic heterocycles. The Kier molecular flexibility index (Phi) is 3.26. The van der Waals surface area contributed by atoms with Crippen molar-refractivity contribution in [1.82, 2.24) is 5.32 Å². The molecule has 2 heterocycles. The van der Waals surface area contributed by atoms with Crippen LogP contribution in [-0.4, -0.2) is 35.2 Å². The van der Waals surface area contributed by atoms with Crippen molar-refractivity contribution in [3.8, 4) is 0 Å². The third-order valence-electron chi connectivity index (χ3n) is 2.77. The summed E-state index contributed by atoms with van der Waals surface area (Å²) < 4.78 is 5.52. The van der Waals surface area contributed by atoms with Gasteiger partial charge in [0, 0.05) is 17.9 Å². The Bertz CT molecular complexity index is 265. The first kappa shape index (κ1) is 11.3. The zero-order valence-corrected chi connectivity index (χ0v) is 10.6. The van der Waals surface area contributed by atoms with E-state index in [0.717, 1.165) is 30.4 Å². The fraction of sp³-hybridized carbons (Fsp3) is 0.909. The maximum Gasteiger partial charge on any atom is 0.157 e. The van der Waals surface area contributed by atoms with E-state index in [0.29, 0.717) is 12.1 Å². The van der Waals surface area contributed by atoms with Gasteiger partial charge >= 0.3 is 0 Å². The molecule has 2 fully saturated rings. The van der Waals surface area contributed by atoms with E-state index in [4.69, 9.17) is 9.73 Å². The van der Waals surface area contributed by atoms with Crippen LogP contribution in [0.1, 0.15) is 33.6 Å². The summed E-state index contributed by atoms with van der Waals surface area (Å²) in [5.74, 6) is 1.12. The van der Waals surface area contributed by atoms with Crippen LogP contribution in [0.5, 0.6) is 0 Å². The monoisotopic (exact) mass is 228 g/mol. The number of thioether (sulfide) groups is 1. The Morgan fingerprint density at radius 3 is 2.93 bits per heavy atom. The van der Waals surface area contributed by atoms with E-state index < -0.39 is 0 Å². The molecule has 0 spiro atoms. The van der Waals surface area contributed by atoms with Gasteiger partial charge in [-0.3, -0.25) is 4.99 Å². The number of rotatable bonds is 1. The molecule has 0 amide bonds. The molecule has 2 rings (SSSR count). The van der Waals surface area contributed by atoms with Gasteiger partial charge in [-0.25, -0.2) is 0 Å². The molecule has 0 aromatic carbocycles. The molecule has 2 atom stereocenters. The summed E-state index contributed by atoms with van der Waals surface area (Å²) in [7, 11) is 0. The highest BCUT2D eigenvalue weighted by atomic mass is 32.2. The molecule has 0 bridgehead atoms. The minimum Gasteiger partial charge on any atom is -0.378 e. The molecule has 0 radical (unpaired) electrons. The van der Waals surface area contributed by atoms with Gasteiger partial charge in [0.1, 0.15) is 0 Å². The van der Waals surface area contributed by atoms with Crippen LogP contribution in [0.3, 0.4) is 0 Å². The average molecular weight is 228 g/mol. The summed E-state index contributed by atoms with van der Waals surface area (Å²) in [5.41, 5.74) is 0.209. The van der Waals surface area contributed by atoms with Gasteiger partial charge in [-0.2, -0.15) is 0 Å². The largest absolute Gasteiger partial charge is 0.378 e. The Balaban J connectivity index is 1.93. The van der Waals surface area contributed by atoms with E-state index in [1.807, 2.05) is 11.8 Å². The molecule has 15 heavy (non-hydrogen) atoms. The predicted octanol–water partition coefficient (Wildman–Crippen LogP) is 2.02. The van der Waals surface area contributed by atoms with Crippen LogP contribution in [0.15, 0.2) is 4.99 Å². The van der Waals surface area contributed by atoms with E-state index >= 15 is 0 Å². The molecular formula is C11H20N2OS. The lowest BCUT2D eigenvalue weighted by molar-refractivity contribution is 0.0204. The molecule has 1 N–H and O–H groups in total. The lowest BCUT2D eigenvalue weighted by Gasteiger charge is -2.25. The lowest BCUT2D eigenvalue weighted by atomic mass is 10.1. The van der Waals surface area contributed by atoms with Crippen molar-refractivity contribution in [2.45, 2.75) is 51.3 Å². The van der Waals surface area contributed by atoms with Gasteiger partial charge in [0.05, 0.1) is 12.1 Å². The van der Waals surface area contributed by atoms with E-state index in [9.17, 15) is 0 Å². The van der Waals surface area contributed by atoms with Crippen LogP contribution in [0, 0.1) is 0 Å². The topological polar surface area (TPSA) is 33.6 Å². The maximum atomic E-state index is 5.52. The summed E-state index contributed by atoms with van der Waals surface area (Å²) >= 11 is 1.84. The highest BCUT2D eigenvalue weighted by Crippen LogP contribution is 2.24. The number of nitrogens with zero attached hydrogens (tertiary/aromatic N) is 1. The zero-order chi connectivity index (χ0) is 10.9. The zero-order valence-electron chi connectivity index (χ0n) is 9.75. The normalized spacial score (nSPS) is 37.9. The Morgan fingerprint density at radius 2 is 2.33 bits per heavy atom. The van der Waals surface area contributed by atoms with E-state index in [1.165, 1.54) is 0 Å². The van der Waals surface area contributed by atoms with Crippen molar-refractivity contribution in [2.24, 2.45) is 4.99 Å². The summed E-state index contributed by atoms with van der Waals surface area (Å²) in [6.45, 7) is 7.42. The summed E-state index contributed by atoms with van der Waals surface area (Å²) in [5, 5.41) is 4.59. The van der Waals surface area contributed by atoms with Crippen LogP contribution in [0.2, 0.25) is 0 Å². The van der Waals surface area contributed by atoms with Crippen molar-refractivity contribution >= 4 is 16.9 Å². The SMILES string of the molecule is CC1CC(N=C2NC(C)(C)CS2)CCO1. The van der Waals surface area contributed by atoms with Crippen LogP contribution in [-0.2, 0) is 4.74 Å². The number of nitrogens with one attached hydrogen (secondary N) is 1. The Hall–Kier alpha value is -0.220. The summed E-state index contributed by atoms with van der Waals surface area (Å²) in [6, 6.07) is 0.456. The molecular weight excluding hydrogens is 208 g/mol. The first-order chi connectivity index (χ1) is 7.05. The number of ether oxygens (including phenoxy) is 1. The third kappa shape index (κ3) is 3.11. The molecule has 2 saturated heterocycles. The summed E-state index contributed by atoms with van der Waals surface area (Å²) in [4.78, 5) is 4.77. The van der Waals surface area contributed by atoms with Gasteiger partial charge < -0.3 is 10.1 Å². The van der Waals surface area contributed by atoms with Gasteiger partial charge in [-0.05, 0) is 33.6 Å². The van der Waals surface area contributed by atoms with E-state index in [-0.39, 0.29) is 5.54 Å². The smallest absolute Gasteiger partial charge is 0.157 e. The van der Waals surface area contributed by atoms with Crippen LogP contribution in [0.4, 0.5) is 0 Å². The quantitative estimate of drug-likeness (QED) is 0.745. The second-order valence-corrected chi connectivity index (χ2v) is 6.06. The highest BCUT2D eigenvalue weighted by Gasteiger charge is 2.28. The third-order valence-corrected chi connectivity index (χ3v) is 4.12. The molecule has 4 heteroatoms. The molecule has 3 nitrogen and oxygen atoms in total. The van der Waals surface area contributed by atoms with Gasteiger partial charge in [0.25, 0.3) is 0 Å². The van der Waals surface area contributed by atoms with Gasteiger partial charge in [-0.1, -0.05) is 11.8 Å². The fourth-order valence-electron chi connectivity index (χ4n) is 1.94. The molecule has 86 valence electrons. The summed E-state index contributed by atoms with van der Waals surface area (Å²) in [6.07, 6.45) is 2.50.